The van der Waals surface area contributed by atoms with Crippen LogP contribution in [0.5, 0.6) is 0 Å². The molecule has 2 aromatic heterocycles. The van der Waals surface area contributed by atoms with Gasteiger partial charge in [0.15, 0.2) is 11.2 Å². The summed E-state index contributed by atoms with van der Waals surface area (Å²) in [6, 6.07) is 5.28. The van der Waals surface area contributed by atoms with Crippen molar-refractivity contribution in [3.8, 4) is 0 Å². The number of anilines is 1. The Morgan fingerprint density at radius 3 is 2.68 bits per heavy atom. The largest absolute Gasteiger partial charge is 0.340 e. The van der Waals surface area contributed by atoms with Crippen LogP contribution < -0.4 is 9.62 Å². The Hall–Kier alpha value is -2.05. The Bertz CT molecular complexity index is 1390. The zero-order valence-corrected chi connectivity index (χ0v) is 23.6. The first-order chi connectivity index (χ1) is 17.6. The van der Waals surface area contributed by atoms with Crippen molar-refractivity contribution in [3.63, 3.8) is 0 Å². The van der Waals surface area contributed by atoms with E-state index >= 15 is 0 Å². The van der Waals surface area contributed by atoms with E-state index in [1.54, 1.807) is 10.7 Å². The van der Waals surface area contributed by atoms with Gasteiger partial charge < -0.3 is 9.80 Å². The molecular weight excluding hydrogens is 535 g/mol. The Balaban J connectivity index is 1.26. The van der Waals surface area contributed by atoms with Crippen LogP contribution in [0, 0.1) is 18.8 Å². The lowest BCUT2D eigenvalue weighted by Gasteiger charge is -2.46. The average molecular weight is 568 g/mol. The minimum Gasteiger partial charge on any atom is -0.340 e. The van der Waals surface area contributed by atoms with Crippen LogP contribution in [0.3, 0.4) is 0 Å². The third-order valence-electron chi connectivity index (χ3n) is 7.46. The molecule has 2 fully saturated rings. The minimum atomic E-state index is -3.15. The fourth-order valence-corrected chi connectivity index (χ4v) is 6.39. The molecule has 2 saturated heterocycles. The van der Waals surface area contributed by atoms with Crippen molar-refractivity contribution in [2.75, 3.05) is 50.4 Å². The Labute approximate surface area is 227 Å². The fourth-order valence-electron chi connectivity index (χ4n) is 5.37. The van der Waals surface area contributed by atoms with E-state index in [9.17, 15) is 8.42 Å². The van der Waals surface area contributed by atoms with Gasteiger partial charge in [-0.1, -0.05) is 34.5 Å². The van der Waals surface area contributed by atoms with Crippen molar-refractivity contribution in [2.24, 2.45) is 11.8 Å². The van der Waals surface area contributed by atoms with Crippen molar-refractivity contribution >= 4 is 50.3 Å². The number of likely N-dealkylation sites (tertiary alicyclic amines) is 1. The van der Waals surface area contributed by atoms with E-state index in [4.69, 9.17) is 33.2 Å². The molecule has 0 bridgehead atoms. The predicted molar refractivity (Wildman–Crippen MR) is 146 cm³/mol. The summed E-state index contributed by atoms with van der Waals surface area (Å²) >= 11 is 12.5. The highest BCUT2D eigenvalue weighted by atomic mass is 35.5. The summed E-state index contributed by atoms with van der Waals surface area (Å²) in [6.45, 7) is 8.98. The van der Waals surface area contributed by atoms with Crippen LogP contribution in [0.15, 0.2) is 18.2 Å². The number of halogens is 2. The van der Waals surface area contributed by atoms with Gasteiger partial charge in [0.2, 0.25) is 16.0 Å². The highest BCUT2D eigenvalue weighted by Gasteiger charge is 2.37. The lowest BCUT2D eigenvalue weighted by atomic mass is 9.81. The maximum Gasteiger partial charge on any atom is 0.227 e. The number of rotatable bonds is 8. The molecule has 0 aliphatic carbocycles. The van der Waals surface area contributed by atoms with Crippen LogP contribution in [0.1, 0.15) is 37.1 Å². The molecule has 1 aromatic carbocycles. The van der Waals surface area contributed by atoms with Crippen LogP contribution in [0.2, 0.25) is 10.0 Å². The Morgan fingerprint density at radius 1 is 1.16 bits per heavy atom. The number of aromatic nitrogens is 5. The molecule has 0 radical (unpaired) electrons. The van der Waals surface area contributed by atoms with Gasteiger partial charge in [-0.2, -0.15) is 4.98 Å². The van der Waals surface area contributed by atoms with E-state index in [1.807, 2.05) is 26.0 Å². The van der Waals surface area contributed by atoms with Gasteiger partial charge in [-0.15, -0.1) is 5.10 Å². The zero-order valence-electron chi connectivity index (χ0n) is 21.2. The smallest absolute Gasteiger partial charge is 0.227 e. The van der Waals surface area contributed by atoms with Crippen LogP contribution in [0.25, 0.3) is 11.2 Å². The third-order valence-corrected chi connectivity index (χ3v) is 8.75. The molecule has 2 aliphatic rings. The van der Waals surface area contributed by atoms with Crippen molar-refractivity contribution in [1.29, 1.82) is 0 Å². The van der Waals surface area contributed by atoms with E-state index in [2.05, 4.69) is 24.8 Å². The number of hydrogen-bond donors (Lipinski definition) is 1. The van der Waals surface area contributed by atoms with Crippen molar-refractivity contribution < 1.29 is 8.42 Å². The highest BCUT2D eigenvalue weighted by molar-refractivity contribution is 7.88. The second-order valence-electron chi connectivity index (χ2n) is 10.2. The molecule has 2 atom stereocenters. The summed E-state index contributed by atoms with van der Waals surface area (Å²) in [5, 5.41) is 9.89. The number of hydrogen-bond acceptors (Lipinski definition) is 8. The molecule has 0 saturated carbocycles. The second kappa shape index (κ2) is 10.6. The maximum atomic E-state index is 11.4. The predicted octanol–water partition coefficient (Wildman–Crippen LogP) is 3.14. The van der Waals surface area contributed by atoms with E-state index in [1.165, 1.54) is 12.7 Å². The van der Waals surface area contributed by atoms with E-state index in [0.717, 1.165) is 50.4 Å². The number of sulfonamides is 1. The van der Waals surface area contributed by atoms with E-state index in [-0.39, 0.29) is 6.04 Å². The zero-order chi connectivity index (χ0) is 26.3. The molecule has 10 nitrogen and oxygen atoms in total. The summed E-state index contributed by atoms with van der Waals surface area (Å²) in [5.41, 5.74) is 3.06. The SMILES string of the molecule is Cc1nc(N2CC([C@H]3CCCN(CCNS(C)(=O)=O)C3)C2)nc2c1nnn2[C@H](C)c1ccc(Cl)cc1Cl. The summed E-state index contributed by atoms with van der Waals surface area (Å²) < 4.78 is 27.1. The topological polar surface area (TPSA) is 109 Å². The molecular formula is C24H32Cl2N8O2S. The molecule has 2 aliphatic heterocycles. The van der Waals surface area contributed by atoms with E-state index < -0.39 is 10.0 Å². The molecule has 0 amide bonds. The quantitative estimate of drug-likeness (QED) is 0.442. The first-order valence-electron chi connectivity index (χ1n) is 12.6. The fraction of sp³-hybridized carbons (Fsp3) is 0.583. The monoisotopic (exact) mass is 566 g/mol. The molecule has 1 N–H and O–H groups in total. The first kappa shape index (κ1) is 26.6. The van der Waals surface area contributed by atoms with Crippen LogP contribution in [-0.2, 0) is 10.0 Å². The number of piperidine rings is 1. The Kier molecular flexibility index (Phi) is 7.61. The number of benzene rings is 1. The van der Waals surface area contributed by atoms with Crippen molar-refractivity contribution in [3.05, 3.63) is 39.5 Å². The van der Waals surface area contributed by atoms with E-state index in [0.29, 0.717) is 45.5 Å². The molecule has 0 spiro atoms. The average Bonchev–Trinajstić information content (AvgIpc) is 3.22. The summed E-state index contributed by atoms with van der Waals surface area (Å²) in [7, 11) is -3.15. The number of nitrogens with one attached hydrogen (secondary N) is 1. The van der Waals surface area contributed by atoms with Crippen LogP contribution in [-0.4, -0.2) is 83.8 Å². The van der Waals surface area contributed by atoms with Gasteiger partial charge in [0.05, 0.1) is 18.0 Å². The number of fused-ring (bicyclic) bond motifs is 1. The standard InChI is InChI=1S/C24H32Cl2N8O2S/c1-15-22-23(34(31-30-22)16(2)20-7-6-19(25)11-21(20)26)29-24(28-15)33-13-18(14-33)17-5-4-9-32(12-17)10-8-27-37(3,35)36/h6-7,11,16-18,27H,4-5,8-10,12-14H2,1-3H3/t16-,17+/m1/s1. The molecule has 200 valence electrons. The number of aryl methyl sites for hydroxylation is 1. The van der Waals surface area contributed by atoms with Crippen LogP contribution in [0.4, 0.5) is 5.95 Å². The van der Waals surface area contributed by atoms with Gasteiger partial charge in [-0.25, -0.2) is 22.8 Å². The van der Waals surface area contributed by atoms with Gasteiger partial charge in [0.25, 0.3) is 0 Å². The first-order valence-corrected chi connectivity index (χ1v) is 15.2. The van der Waals surface area contributed by atoms with Gasteiger partial charge in [-0.3, -0.25) is 0 Å². The summed E-state index contributed by atoms with van der Waals surface area (Å²) in [5.74, 6) is 1.86. The highest BCUT2D eigenvalue weighted by Crippen LogP contribution is 2.34. The summed E-state index contributed by atoms with van der Waals surface area (Å²) in [6.07, 6.45) is 3.54. The normalized spacial score (nSPS) is 20.4. The minimum absolute atomic E-state index is 0.175. The van der Waals surface area contributed by atoms with Crippen molar-refractivity contribution in [2.45, 2.75) is 32.7 Å². The van der Waals surface area contributed by atoms with Gasteiger partial charge in [0, 0.05) is 42.8 Å². The number of nitrogens with zero attached hydrogens (tertiary/aromatic N) is 7. The summed E-state index contributed by atoms with van der Waals surface area (Å²) in [4.78, 5) is 14.2. The molecule has 13 heteroatoms. The molecule has 37 heavy (non-hydrogen) atoms. The second-order valence-corrected chi connectivity index (χ2v) is 12.9. The lowest BCUT2D eigenvalue weighted by Crippen LogP contribution is -2.54. The van der Waals surface area contributed by atoms with Gasteiger partial charge in [-0.05, 0) is 62.8 Å². The molecule has 4 heterocycles. The molecule has 3 aromatic rings. The third kappa shape index (κ3) is 5.85. The van der Waals surface area contributed by atoms with Gasteiger partial charge in [0.1, 0.15) is 0 Å². The maximum absolute atomic E-state index is 11.4. The Morgan fingerprint density at radius 2 is 1.95 bits per heavy atom. The lowest BCUT2D eigenvalue weighted by molar-refractivity contribution is 0.121. The molecule has 0 unspecified atom stereocenters. The van der Waals surface area contributed by atoms with Crippen molar-refractivity contribution in [1.82, 2.24) is 34.6 Å². The van der Waals surface area contributed by atoms with Gasteiger partial charge >= 0.3 is 0 Å². The van der Waals surface area contributed by atoms with Crippen LogP contribution >= 0.6 is 23.2 Å². The molecule has 5 rings (SSSR count).